The van der Waals surface area contributed by atoms with Gasteiger partial charge < -0.3 is 15.2 Å². The van der Waals surface area contributed by atoms with Gasteiger partial charge in [0.2, 0.25) is 0 Å². The molecule has 0 aliphatic heterocycles. The van der Waals surface area contributed by atoms with Gasteiger partial charge in [-0.2, -0.15) is 0 Å². The van der Waals surface area contributed by atoms with Gasteiger partial charge in [-0.15, -0.1) is 0 Å². The van der Waals surface area contributed by atoms with Gasteiger partial charge in [-0.1, -0.05) is 49.7 Å². The average Bonchev–Trinajstić information content (AvgIpc) is 2.86. The largest absolute Gasteiger partial charge is 0.359 e. The Morgan fingerprint density at radius 2 is 1.95 bits per heavy atom. The zero-order valence-corrected chi connectivity index (χ0v) is 13.8. The van der Waals surface area contributed by atoms with E-state index in [2.05, 4.69) is 36.6 Å². The Morgan fingerprint density at radius 3 is 2.52 bits per heavy atom. The Morgan fingerprint density at radius 1 is 1.29 bits per heavy atom. The highest BCUT2D eigenvalue weighted by atomic mass is 35.5. The number of hydrogen-bond acceptors (Lipinski definition) is 3. The van der Waals surface area contributed by atoms with Gasteiger partial charge in [0.25, 0.3) is 0 Å². The van der Waals surface area contributed by atoms with Crippen molar-refractivity contribution in [3.63, 3.8) is 0 Å². The number of rotatable bonds is 3. The molecule has 0 spiro atoms. The van der Waals surface area contributed by atoms with Crippen molar-refractivity contribution in [2.24, 2.45) is 0 Å². The lowest BCUT2D eigenvalue weighted by Crippen LogP contribution is -2.28. The van der Waals surface area contributed by atoms with E-state index >= 15 is 0 Å². The van der Waals surface area contributed by atoms with Crippen LogP contribution in [0.5, 0.6) is 0 Å². The Balaban J connectivity index is 1.87. The van der Waals surface area contributed by atoms with Gasteiger partial charge in [-0.25, -0.2) is 0 Å². The minimum absolute atomic E-state index is 0.0781. The first-order valence-electron chi connectivity index (χ1n) is 6.61. The smallest absolute Gasteiger partial charge is 0.175 e. The number of aromatic nitrogens is 1. The molecule has 6 heteroatoms. The van der Waals surface area contributed by atoms with E-state index in [1.54, 1.807) is 0 Å². The lowest BCUT2D eigenvalue weighted by molar-refractivity contribution is 0.331. The first-order chi connectivity index (χ1) is 9.84. The molecule has 21 heavy (non-hydrogen) atoms. The topological polar surface area (TPSA) is 50.1 Å². The number of thiocarbonyl (C=S) groups is 1. The summed E-state index contributed by atoms with van der Waals surface area (Å²) in [4.78, 5) is 0. The van der Waals surface area contributed by atoms with E-state index in [0.29, 0.717) is 17.5 Å². The molecule has 1 aromatic heterocycles. The van der Waals surface area contributed by atoms with Gasteiger partial charge in [-0.05, 0) is 29.9 Å². The normalized spacial score (nSPS) is 11.2. The predicted octanol–water partition coefficient (Wildman–Crippen LogP) is 4.11. The molecule has 0 aliphatic carbocycles. The van der Waals surface area contributed by atoms with Gasteiger partial charge in [-0.3, -0.25) is 0 Å². The van der Waals surface area contributed by atoms with E-state index in [4.69, 9.17) is 28.3 Å². The Hall–Kier alpha value is -1.59. The van der Waals surface area contributed by atoms with Crippen LogP contribution in [0.15, 0.2) is 34.9 Å². The van der Waals surface area contributed by atoms with Crippen LogP contribution < -0.4 is 10.6 Å². The van der Waals surface area contributed by atoms with Crippen molar-refractivity contribution in [3.05, 3.63) is 46.7 Å². The Labute approximate surface area is 134 Å². The summed E-state index contributed by atoms with van der Waals surface area (Å²) in [6, 6.07) is 9.46. The molecule has 0 aliphatic rings. The molecule has 0 saturated heterocycles. The van der Waals surface area contributed by atoms with Gasteiger partial charge in [0.15, 0.2) is 10.9 Å². The molecule has 1 heterocycles. The second-order valence-corrected chi connectivity index (χ2v) is 6.61. The number of halogens is 1. The molecule has 4 nitrogen and oxygen atoms in total. The number of benzene rings is 1. The van der Waals surface area contributed by atoms with Crippen molar-refractivity contribution in [1.29, 1.82) is 0 Å². The molecule has 2 rings (SSSR count). The quantitative estimate of drug-likeness (QED) is 0.832. The van der Waals surface area contributed by atoms with Gasteiger partial charge >= 0.3 is 0 Å². The molecule has 0 saturated carbocycles. The Kier molecular flexibility index (Phi) is 4.85. The minimum atomic E-state index is -0.0781. The fourth-order valence-corrected chi connectivity index (χ4v) is 1.94. The maximum absolute atomic E-state index is 5.84. The lowest BCUT2D eigenvalue weighted by Gasteiger charge is -2.12. The summed E-state index contributed by atoms with van der Waals surface area (Å²) in [6.45, 7) is 6.81. The molecule has 2 N–H and O–H groups in total. The highest BCUT2D eigenvalue weighted by Gasteiger charge is 2.19. The van der Waals surface area contributed by atoms with Crippen LogP contribution in [-0.4, -0.2) is 10.3 Å². The van der Waals surface area contributed by atoms with Crippen molar-refractivity contribution in [2.45, 2.75) is 32.7 Å². The van der Waals surface area contributed by atoms with Crippen LogP contribution >= 0.6 is 23.8 Å². The molecule has 0 radical (unpaired) electrons. The molecular formula is C15H18ClN3OS. The van der Waals surface area contributed by atoms with Crippen molar-refractivity contribution in [1.82, 2.24) is 10.5 Å². The monoisotopic (exact) mass is 323 g/mol. The first-order valence-corrected chi connectivity index (χ1v) is 7.40. The molecule has 0 bridgehead atoms. The van der Waals surface area contributed by atoms with Crippen LogP contribution in [0.25, 0.3) is 0 Å². The van der Waals surface area contributed by atoms with Crippen LogP contribution in [0.3, 0.4) is 0 Å². The summed E-state index contributed by atoms with van der Waals surface area (Å²) < 4.78 is 5.29. The number of hydrogen-bond donors (Lipinski definition) is 2. The molecule has 0 atom stereocenters. The summed E-state index contributed by atoms with van der Waals surface area (Å²) in [5, 5.41) is 11.3. The number of nitrogens with zero attached hydrogens (tertiary/aromatic N) is 1. The van der Waals surface area contributed by atoms with Gasteiger partial charge in [0, 0.05) is 23.0 Å². The van der Waals surface area contributed by atoms with E-state index in [9.17, 15) is 0 Å². The van der Waals surface area contributed by atoms with Gasteiger partial charge in [0.1, 0.15) is 5.76 Å². The lowest BCUT2D eigenvalue weighted by atomic mass is 9.93. The molecule has 0 unspecified atom stereocenters. The standard InChI is InChI=1S/C15H18ClN3OS/c1-15(2,3)12-8-13(19-20-12)18-14(21)17-9-10-4-6-11(16)7-5-10/h4-8H,9H2,1-3H3,(H2,17,18,19,21). The third-order valence-corrected chi connectivity index (χ3v) is 3.36. The van der Waals surface area contributed by atoms with E-state index in [1.165, 1.54) is 0 Å². The van der Waals surface area contributed by atoms with Crippen LogP contribution in [0.4, 0.5) is 5.82 Å². The fraction of sp³-hybridized carbons (Fsp3) is 0.333. The summed E-state index contributed by atoms with van der Waals surface area (Å²) >= 11 is 11.1. The van der Waals surface area contributed by atoms with Crippen LogP contribution in [0.1, 0.15) is 32.1 Å². The third kappa shape index (κ3) is 4.72. The van der Waals surface area contributed by atoms with E-state index in [1.807, 2.05) is 30.3 Å². The predicted molar refractivity (Wildman–Crippen MR) is 89.7 cm³/mol. The maximum Gasteiger partial charge on any atom is 0.175 e. The van der Waals surface area contributed by atoms with E-state index in [-0.39, 0.29) is 5.41 Å². The second-order valence-electron chi connectivity index (χ2n) is 5.76. The summed E-state index contributed by atoms with van der Waals surface area (Å²) in [6.07, 6.45) is 0. The highest BCUT2D eigenvalue weighted by molar-refractivity contribution is 7.80. The van der Waals surface area contributed by atoms with Crippen molar-refractivity contribution < 1.29 is 4.52 Å². The molecular weight excluding hydrogens is 306 g/mol. The maximum atomic E-state index is 5.84. The summed E-state index contributed by atoms with van der Waals surface area (Å²) in [5.41, 5.74) is 1.02. The fourth-order valence-electron chi connectivity index (χ4n) is 1.63. The molecule has 2 aromatic rings. The second kappa shape index (κ2) is 6.45. The summed E-state index contributed by atoms with van der Waals surface area (Å²) in [7, 11) is 0. The molecule has 0 amide bonds. The van der Waals surface area contributed by atoms with Gasteiger partial charge in [0.05, 0.1) is 0 Å². The third-order valence-electron chi connectivity index (χ3n) is 2.86. The van der Waals surface area contributed by atoms with Crippen molar-refractivity contribution in [3.8, 4) is 0 Å². The molecule has 112 valence electrons. The van der Waals surface area contributed by atoms with Crippen molar-refractivity contribution in [2.75, 3.05) is 5.32 Å². The SMILES string of the molecule is CC(C)(C)c1cc(NC(=S)NCc2ccc(Cl)cc2)no1. The van der Waals surface area contributed by atoms with Crippen molar-refractivity contribution >= 4 is 34.7 Å². The highest BCUT2D eigenvalue weighted by Crippen LogP contribution is 2.24. The molecule has 1 aromatic carbocycles. The average molecular weight is 324 g/mol. The van der Waals surface area contributed by atoms with Crippen LogP contribution in [-0.2, 0) is 12.0 Å². The zero-order valence-electron chi connectivity index (χ0n) is 12.2. The van der Waals surface area contributed by atoms with Crippen LogP contribution in [0, 0.1) is 0 Å². The summed E-state index contributed by atoms with van der Waals surface area (Å²) in [5.74, 6) is 1.42. The molecule has 0 fully saturated rings. The first kappa shape index (κ1) is 15.8. The van der Waals surface area contributed by atoms with E-state index in [0.717, 1.165) is 16.3 Å². The van der Waals surface area contributed by atoms with Crippen LogP contribution in [0.2, 0.25) is 5.02 Å². The minimum Gasteiger partial charge on any atom is -0.359 e. The Bertz CT molecular complexity index is 617. The van der Waals surface area contributed by atoms with E-state index < -0.39 is 0 Å². The zero-order chi connectivity index (χ0) is 15.5. The number of nitrogens with one attached hydrogen (secondary N) is 2. The number of anilines is 1.